The highest BCUT2D eigenvalue weighted by atomic mass is 79.9. The molecule has 0 bridgehead atoms. The van der Waals surface area contributed by atoms with Crippen LogP contribution < -0.4 is 0 Å². The fraction of sp³-hybridized carbons (Fsp3) is 0. The molecule has 2 aromatic carbocycles. The second kappa shape index (κ2) is 5.65. The van der Waals surface area contributed by atoms with E-state index in [-0.39, 0.29) is 11.4 Å². The van der Waals surface area contributed by atoms with Crippen molar-refractivity contribution in [3.05, 3.63) is 64.8 Å². The van der Waals surface area contributed by atoms with Crippen molar-refractivity contribution in [3.63, 3.8) is 0 Å². The van der Waals surface area contributed by atoms with Crippen LogP contribution in [0.15, 0.2) is 53.1 Å². The molecule has 0 atom stereocenters. The Morgan fingerprint density at radius 2 is 1.52 bits per heavy atom. The topological polar surface area (TPSA) is 38.7 Å². The van der Waals surface area contributed by atoms with Crippen LogP contribution >= 0.6 is 15.9 Å². The Bertz CT molecular complexity index is 754. The maximum atomic E-state index is 13.7. The van der Waals surface area contributed by atoms with E-state index in [0.29, 0.717) is 5.69 Å². The summed E-state index contributed by atoms with van der Waals surface area (Å²) in [6.45, 7) is 0. The molecule has 0 aliphatic rings. The van der Waals surface area contributed by atoms with Crippen LogP contribution in [-0.2, 0) is 0 Å². The highest BCUT2D eigenvalue weighted by molar-refractivity contribution is 9.10. The molecule has 1 aromatic heterocycles. The summed E-state index contributed by atoms with van der Waals surface area (Å²) in [4.78, 5) is 4.00. The molecular formula is C15H8BrF2N3. The van der Waals surface area contributed by atoms with Crippen LogP contribution in [-0.4, -0.2) is 15.2 Å². The number of nitrogens with zero attached hydrogens (tertiary/aromatic N) is 3. The summed E-state index contributed by atoms with van der Waals surface area (Å²) in [7, 11) is 0. The molecule has 3 aromatic rings. The zero-order chi connectivity index (χ0) is 14.8. The lowest BCUT2D eigenvalue weighted by Gasteiger charge is -2.04. The van der Waals surface area contributed by atoms with E-state index in [1.165, 1.54) is 12.3 Å². The van der Waals surface area contributed by atoms with Crippen molar-refractivity contribution in [1.82, 2.24) is 15.2 Å². The molecule has 1 heterocycles. The van der Waals surface area contributed by atoms with Crippen molar-refractivity contribution >= 4 is 15.9 Å². The third kappa shape index (κ3) is 2.80. The number of benzene rings is 2. The number of hydrogen-bond acceptors (Lipinski definition) is 3. The fourth-order valence-electron chi connectivity index (χ4n) is 1.85. The van der Waals surface area contributed by atoms with E-state index in [1.807, 2.05) is 24.3 Å². The monoisotopic (exact) mass is 347 g/mol. The van der Waals surface area contributed by atoms with Gasteiger partial charge in [0, 0.05) is 10.0 Å². The van der Waals surface area contributed by atoms with E-state index in [9.17, 15) is 8.78 Å². The third-order valence-corrected chi connectivity index (χ3v) is 3.42. The summed E-state index contributed by atoms with van der Waals surface area (Å²) < 4.78 is 28.2. The molecule has 6 heteroatoms. The van der Waals surface area contributed by atoms with Gasteiger partial charge in [0.15, 0.2) is 5.82 Å². The average molecular weight is 348 g/mol. The van der Waals surface area contributed by atoms with Crippen LogP contribution in [0.4, 0.5) is 8.78 Å². The summed E-state index contributed by atoms with van der Waals surface area (Å²) >= 11 is 3.34. The van der Waals surface area contributed by atoms with Gasteiger partial charge in [0.05, 0.1) is 11.8 Å². The minimum Gasteiger partial charge on any atom is -0.233 e. The molecule has 104 valence electrons. The predicted molar refractivity (Wildman–Crippen MR) is 78.3 cm³/mol. The van der Waals surface area contributed by atoms with Crippen molar-refractivity contribution in [2.24, 2.45) is 0 Å². The maximum Gasteiger partial charge on any atom is 0.187 e. The molecule has 0 unspecified atom stereocenters. The molecule has 3 nitrogen and oxygen atoms in total. The van der Waals surface area contributed by atoms with Gasteiger partial charge >= 0.3 is 0 Å². The van der Waals surface area contributed by atoms with E-state index < -0.39 is 11.6 Å². The Morgan fingerprint density at radius 3 is 2.10 bits per heavy atom. The summed E-state index contributed by atoms with van der Waals surface area (Å²) in [5.74, 6) is -1.51. The molecule has 3 rings (SSSR count). The summed E-state index contributed by atoms with van der Waals surface area (Å²) in [5.41, 5.74) is 1.08. The molecule has 0 radical (unpaired) electrons. The standard InChI is InChI=1S/C15H8BrF2N3/c16-10-6-4-9(5-7-10)13-8-19-15(21-20-13)14-11(17)2-1-3-12(14)18/h1-8H. The van der Waals surface area contributed by atoms with Crippen LogP contribution in [0, 0.1) is 11.6 Å². The average Bonchev–Trinajstić information content (AvgIpc) is 2.49. The van der Waals surface area contributed by atoms with Crippen LogP contribution in [0.5, 0.6) is 0 Å². The van der Waals surface area contributed by atoms with Gasteiger partial charge in [0.1, 0.15) is 17.3 Å². The molecular weight excluding hydrogens is 340 g/mol. The molecule has 0 aliphatic heterocycles. The molecule has 0 spiro atoms. The molecule has 21 heavy (non-hydrogen) atoms. The minimum atomic E-state index is -0.715. The first kappa shape index (κ1) is 13.8. The second-order valence-corrected chi connectivity index (χ2v) is 5.19. The Hall–Kier alpha value is -2.21. The van der Waals surface area contributed by atoms with E-state index in [4.69, 9.17) is 0 Å². The summed E-state index contributed by atoms with van der Waals surface area (Å²) in [6, 6.07) is 11.0. The fourth-order valence-corrected chi connectivity index (χ4v) is 2.12. The normalized spacial score (nSPS) is 10.6. The second-order valence-electron chi connectivity index (χ2n) is 4.27. The first-order valence-electron chi connectivity index (χ1n) is 6.05. The van der Waals surface area contributed by atoms with Crippen molar-refractivity contribution in [1.29, 1.82) is 0 Å². The van der Waals surface area contributed by atoms with Gasteiger partial charge in [-0.05, 0) is 24.3 Å². The highest BCUT2D eigenvalue weighted by Crippen LogP contribution is 2.23. The first-order chi connectivity index (χ1) is 10.1. The van der Waals surface area contributed by atoms with E-state index in [1.54, 1.807) is 0 Å². The summed E-state index contributed by atoms with van der Waals surface area (Å²) in [6.07, 6.45) is 1.44. The van der Waals surface area contributed by atoms with Gasteiger partial charge in [-0.15, -0.1) is 10.2 Å². The van der Waals surface area contributed by atoms with Crippen LogP contribution in [0.1, 0.15) is 0 Å². The zero-order valence-corrected chi connectivity index (χ0v) is 12.2. The van der Waals surface area contributed by atoms with Gasteiger partial charge in [-0.25, -0.2) is 13.8 Å². The number of halogens is 3. The SMILES string of the molecule is Fc1cccc(F)c1-c1ncc(-c2ccc(Br)cc2)nn1. The largest absolute Gasteiger partial charge is 0.233 e. The smallest absolute Gasteiger partial charge is 0.187 e. The van der Waals surface area contributed by atoms with Gasteiger partial charge in [0.25, 0.3) is 0 Å². The van der Waals surface area contributed by atoms with Crippen LogP contribution in [0.2, 0.25) is 0 Å². The van der Waals surface area contributed by atoms with Gasteiger partial charge in [-0.2, -0.15) is 0 Å². The molecule has 0 amide bonds. The maximum absolute atomic E-state index is 13.7. The molecule has 0 N–H and O–H groups in total. The van der Waals surface area contributed by atoms with Crippen molar-refractivity contribution < 1.29 is 8.78 Å². The van der Waals surface area contributed by atoms with Crippen molar-refractivity contribution in [3.8, 4) is 22.6 Å². The third-order valence-electron chi connectivity index (χ3n) is 2.89. The number of aromatic nitrogens is 3. The minimum absolute atomic E-state index is 0.0774. The molecule has 0 fully saturated rings. The van der Waals surface area contributed by atoms with Gasteiger partial charge < -0.3 is 0 Å². The summed E-state index contributed by atoms with van der Waals surface area (Å²) in [5, 5.41) is 7.79. The molecule has 0 saturated carbocycles. The van der Waals surface area contributed by atoms with Crippen molar-refractivity contribution in [2.45, 2.75) is 0 Å². The lowest BCUT2D eigenvalue weighted by molar-refractivity contribution is 0.586. The van der Waals surface area contributed by atoms with E-state index >= 15 is 0 Å². The Labute approximate surface area is 127 Å². The van der Waals surface area contributed by atoms with Gasteiger partial charge in [0.2, 0.25) is 0 Å². The lowest BCUT2D eigenvalue weighted by Crippen LogP contribution is -1.98. The lowest BCUT2D eigenvalue weighted by atomic mass is 10.1. The van der Waals surface area contributed by atoms with E-state index in [2.05, 4.69) is 31.1 Å². The van der Waals surface area contributed by atoms with Crippen LogP contribution in [0.25, 0.3) is 22.6 Å². The van der Waals surface area contributed by atoms with Gasteiger partial charge in [-0.3, -0.25) is 0 Å². The van der Waals surface area contributed by atoms with Crippen molar-refractivity contribution in [2.75, 3.05) is 0 Å². The van der Waals surface area contributed by atoms with Crippen LogP contribution in [0.3, 0.4) is 0 Å². The van der Waals surface area contributed by atoms with Gasteiger partial charge in [-0.1, -0.05) is 34.1 Å². The molecule has 0 aliphatic carbocycles. The van der Waals surface area contributed by atoms with E-state index in [0.717, 1.165) is 22.2 Å². The predicted octanol–water partition coefficient (Wildman–Crippen LogP) is 4.25. The zero-order valence-electron chi connectivity index (χ0n) is 10.6. The molecule has 0 saturated heterocycles. The number of rotatable bonds is 2. The highest BCUT2D eigenvalue weighted by Gasteiger charge is 2.14. The number of hydrogen-bond donors (Lipinski definition) is 0. The Kier molecular flexibility index (Phi) is 3.70. The quantitative estimate of drug-likeness (QED) is 0.695. The first-order valence-corrected chi connectivity index (χ1v) is 6.84. The Morgan fingerprint density at radius 1 is 0.857 bits per heavy atom. The Balaban J connectivity index is 2.00.